The van der Waals surface area contributed by atoms with Crippen molar-refractivity contribution in [3.8, 4) is 17.9 Å². The standard InChI is InChI=1S/C29H28N6O2/c1-20-21(2)26-24(28(36)35(14-15-37-26)27-22(17-30)6-5-11-33-27)16-23(20)18-34-12-8-29(19-31,9-13-34)25-7-3-4-10-32-25/h3-7,10-11,16H,8-9,12-15,18H2,1-2H3. The molecule has 0 aliphatic carbocycles. The van der Waals surface area contributed by atoms with Crippen LogP contribution in [0.2, 0.25) is 0 Å². The van der Waals surface area contributed by atoms with E-state index in [0.717, 1.165) is 35.5 Å². The van der Waals surface area contributed by atoms with Gasteiger partial charge in [-0.3, -0.25) is 19.6 Å². The van der Waals surface area contributed by atoms with Gasteiger partial charge in [-0.1, -0.05) is 6.07 Å². The number of rotatable bonds is 4. The number of nitrogens with zero attached hydrogens (tertiary/aromatic N) is 6. The van der Waals surface area contributed by atoms with Crippen molar-refractivity contribution < 1.29 is 9.53 Å². The third-order valence-corrected chi connectivity index (χ3v) is 7.62. The van der Waals surface area contributed by atoms with Crippen molar-refractivity contribution in [1.29, 1.82) is 10.5 Å². The second kappa shape index (κ2) is 10.0. The van der Waals surface area contributed by atoms with Gasteiger partial charge in [-0.25, -0.2) is 4.98 Å². The summed E-state index contributed by atoms with van der Waals surface area (Å²) in [4.78, 5) is 26.4. The van der Waals surface area contributed by atoms with Crippen molar-refractivity contribution >= 4 is 11.7 Å². The van der Waals surface area contributed by atoms with Crippen LogP contribution in [0.5, 0.6) is 5.75 Å². The lowest BCUT2D eigenvalue weighted by atomic mass is 9.76. The maximum atomic E-state index is 13.7. The highest BCUT2D eigenvalue weighted by Crippen LogP contribution is 2.37. The van der Waals surface area contributed by atoms with Crippen LogP contribution in [-0.4, -0.2) is 47.0 Å². The largest absolute Gasteiger partial charge is 0.491 e. The fraction of sp³-hybridized carbons (Fsp3) is 0.345. The summed E-state index contributed by atoms with van der Waals surface area (Å²) >= 11 is 0. The van der Waals surface area contributed by atoms with Crippen LogP contribution in [-0.2, 0) is 12.0 Å². The van der Waals surface area contributed by atoms with Gasteiger partial charge in [0.15, 0.2) is 5.82 Å². The van der Waals surface area contributed by atoms with Gasteiger partial charge in [0.25, 0.3) is 5.91 Å². The fourth-order valence-corrected chi connectivity index (χ4v) is 5.26. The maximum Gasteiger partial charge on any atom is 0.263 e. The zero-order chi connectivity index (χ0) is 26.0. The molecule has 2 aromatic heterocycles. The lowest BCUT2D eigenvalue weighted by molar-refractivity contribution is 0.0988. The Kier molecular flexibility index (Phi) is 6.60. The summed E-state index contributed by atoms with van der Waals surface area (Å²) in [5.41, 5.74) is 4.20. The van der Waals surface area contributed by atoms with Crippen LogP contribution in [0.3, 0.4) is 0 Å². The number of carbonyl (C=O) groups is 1. The number of benzene rings is 1. The third kappa shape index (κ3) is 4.41. The van der Waals surface area contributed by atoms with Crippen LogP contribution in [0.25, 0.3) is 0 Å². The highest BCUT2D eigenvalue weighted by Gasteiger charge is 2.38. The summed E-state index contributed by atoms with van der Waals surface area (Å²) in [6, 6.07) is 15.7. The summed E-state index contributed by atoms with van der Waals surface area (Å²) in [5, 5.41) is 19.6. The van der Waals surface area contributed by atoms with Crippen LogP contribution in [0, 0.1) is 36.5 Å². The predicted octanol–water partition coefficient (Wildman–Crippen LogP) is 4.06. The van der Waals surface area contributed by atoms with Crippen LogP contribution < -0.4 is 9.64 Å². The average molecular weight is 493 g/mol. The first-order chi connectivity index (χ1) is 18.0. The van der Waals surface area contributed by atoms with E-state index in [1.165, 1.54) is 4.90 Å². The van der Waals surface area contributed by atoms with E-state index in [0.29, 0.717) is 55.2 Å². The van der Waals surface area contributed by atoms with Gasteiger partial charge in [-0.2, -0.15) is 10.5 Å². The Hall–Kier alpha value is -4.27. The van der Waals surface area contributed by atoms with Crippen molar-refractivity contribution in [2.45, 2.75) is 38.6 Å². The number of nitriles is 2. The Labute approximate surface area is 216 Å². The minimum Gasteiger partial charge on any atom is -0.491 e. The SMILES string of the molecule is Cc1c(CN2CCC(C#N)(c3ccccn3)CC2)cc2c(c1C)OCCN(c1ncccc1C#N)C2=O. The number of hydrogen-bond donors (Lipinski definition) is 0. The number of piperidine rings is 1. The van der Waals surface area contributed by atoms with Crippen LogP contribution in [0.15, 0.2) is 48.8 Å². The van der Waals surface area contributed by atoms with Gasteiger partial charge in [0.1, 0.15) is 23.8 Å². The molecule has 0 saturated carbocycles. The van der Waals surface area contributed by atoms with Crippen molar-refractivity contribution in [2.24, 2.45) is 0 Å². The molecular formula is C29H28N6O2. The number of hydrogen-bond acceptors (Lipinski definition) is 7. The number of aromatic nitrogens is 2. The van der Waals surface area contributed by atoms with Gasteiger partial charge in [0, 0.05) is 32.0 Å². The monoisotopic (exact) mass is 492 g/mol. The number of pyridine rings is 2. The number of fused-ring (bicyclic) bond motifs is 1. The van der Waals surface area contributed by atoms with Crippen LogP contribution >= 0.6 is 0 Å². The average Bonchev–Trinajstić information content (AvgIpc) is 3.11. The fourth-order valence-electron chi connectivity index (χ4n) is 5.26. The molecule has 1 aromatic carbocycles. The molecule has 186 valence electrons. The lowest BCUT2D eigenvalue weighted by Crippen LogP contribution is -2.42. The molecule has 0 N–H and O–H groups in total. The summed E-state index contributed by atoms with van der Waals surface area (Å²) in [6.45, 7) is 6.86. The second-order valence-electron chi connectivity index (χ2n) is 9.64. The first-order valence-corrected chi connectivity index (χ1v) is 12.5. The maximum absolute atomic E-state index is 13.7. The van der Waals surface area contributed by atoms with E-state index in [9.17, 15) is 15.3 Å². The molecule has 1 fully saturated rings. The molecule has 0 spiro atoms. The van der Waals surface area contributed by atoms with Crippen molar-refractivity contribution in [3.05, 3.63) is 82.3 Å². The van der Waals surface area contributed by atoms with Gasteiger partial charge in [0.05, 0.1) is 29.4 Å². The van der Waals surface area contributed by atoms with E-state index < -0.39 is 5.41 Å². The number of carbonyl (C=O) groups excluding carboxylic acids is 1. The summed E-state index contributed by atoms with van der Waals surface area (Å²) in [7, 11) is 0. The van der Waals surface area contributed by atoms with Crippen molar-refractivity contribution in [1.82, 2.24) is 14.9 Å². The van der Waals surface area contributed by atoms with E-state index in [2.05, 4.69) is 33.9 Å². The van der Waals surface area contributed by atoms with E-state index >= 15 is 0 Å². The molecule has 2 aliphatic heterocycles. The molecule has 0 bridgehead atoms. The molecule has 0 atom stereocenters. The zero-order valence-electron chi connectivity index (χ0n) is 21.1. The van der Waals surface area contributed by atoms with E-state index in [1.54, 1.807) is 24.5 Å². The Morgan fingerprint density at radius 2 is 1.81 bits per heavy atom. The first-order valence-electron chi connectivity index (χ1n) is 12.5. The van der Waals surface area contributed by atoms with Crippen LogP contribution in [0.4, 0.5) is 5.82 Å². The van der Waals surface area contributed by atoms with Gasteiger partial charge >= 0.3 is 0 Å². The lowest BCUT2D eigenvalue weighted by Gasteiger charge is -2.37. The summed E-state index contributed by atoms with van der Waals surface area (Å²) in [5.74, 6) is 0.731. The highest BCUT2D eigenvalue weighted by molar-refractivity contribution is 6.08. The van der Waals surface area contributed by atoms with Gasteiger partial charge < -0.3 is 4.74 Å². The molecule has 0 radical (unpaired) electrons. The summed E-state index contributed by atoms with van der Waals surface area (Å²) in [6.07, 6.45) is 4.74. The molecule has 4 heterocycles. The molecule has 5 rings (SSSR count). The van der Waals surface area contributed by atoms with Gasteiger partial charge in [-0.15, -0.1) is 0 Å². The Morgan fingerprint density at radius 1 is 1.03 bits per heavy atom. The number of likely N-dealkylation sites (tertiary alicyclic amines) is 1. The first kappa shape index (κ1) is 24.4. The topological polar surface area (TPSA) is 106 Å². The predicted molar refractivity (Wildman–Crippen MR) is 138 cm³/mol. The Bertz CT molecular complexity index is 1410. The molecule has 2 aliphatic rings. The molecule has 8 nitrogen and oxygen atoms in total. The number of anilines is 1. The number of amides is 1. The molecule has 8 heteroatoms. The van der Waals surface area contributed by atoms with Gasteiger partial charge in [0.2, 0.25) is 0 Å². The van der Waals surface area contributed by atoms with Crippen molar-refractivity contribution in [2.75, 3.05) is 31.1 Å². The third-order valence-electron chi connectivity index (χ3n) is 7.62. The Balaban J connectivity index is 1.41. The van der Waals surface area contributed by atoms with Gasteiger partial charge in [-0.05, 0) is 73.7 Å². The quantitative estimate of drug-likeness (QED) is 0.541. The summed E-state index contributed by atoms with van der Waals surface area (Å²) < 4.78 is 6.06. The minimum absolute atomic E-state index is 0.218. The molecule has 37 heavy (non-hydrogen) atoms. The molecule has 1 saturated heterocycles. The minimum atomic E-state index is -0.568. The van der Waals surface area contributed by atoms with E-state index in [1.807, 2.05) is 31.2 Å². The molecule has 0 unspecified atom stereocenters. The molecule has 3 aromatic rings. The smallest absolute Gasteiger partial charge is 0.263 e. The van der Waals surface area contributed by atoms with E-state index in [4.69, 9.17) is 4.74 Å². The van der Waals surface area contributed by atoms with E-state index in [-0.39, 0.29) is 5.91 Å². The second-order valence-corrected chi connectivity index (χ2v) is 9.64. The number of ether oxygens (including phenoxy) is 1. The highest BCUT2D eigenvalue weighted by atomic mass is 16.5. The Morgan fingerprint density at radius 3 is 2.51 bits per heavy atom. The van der Waals surface area contributed by atoms with Crippen molar-refractivity contribution in [3.63, 3.8) is 0 Å². The molecular weight excluding hydrogens is 464 g/mol. The zero-order valence-corrected chi connectivity index (χ0v) is 21.1. The normalized spacial score (nSPS) is 17.2. The van der Waals surface area contributed by atoms with Crippen LogP contribution in [0.1, 0.15) is 51.1 Å². The molecule has 1 amide bonds.